The topological polar surface area (TPSA) is 65.7 Å². The van der Waals surface area contributed by atoms with E-state index in [0.29, 0.717) is 27.8 Å². The molecule has 0 saturated heterocycles. The van der Waals surface area contributed by atoms with E-state index in [1.165, 1.54) is 13.2 Å². The normalized spacial score (nSPS) is 10.6. The van der Waals surface area contributed by atoms with Crippen molar-refractivity contribution in [2.45, 2.75) is 13.5 Å². The van der Waals surface area contributed by atoms with Gasteiger partial charge in [0.15, 0.2) is 0 Å². The molecular formula is C19H16O5. The minimum Gasteiger partial charge on any atom is -0.497 e. The van der Waals surface area contributed by atoms with Crippen LogP contribution in [0.25, 0.3) is 11.0 Å². The molecule has 0 aliphatic carbocycles. The highest BCUT2D eigenvalue weighted by Gasteiger charge is 2.11. The highest BCUT2D eigenvalue weighted by atomic mass is 16.5. The van der Waals surface area contributed by atoms with Crippen molar-refractivity contribution in [1.29, 1.82) is 0 Å². The Kier molecular flexibility index (Phi) is 4.33. The molecule has 0 unspecified atom stereocenters. The Bertz CT molecular complexity index is 955. The third-order valence-corrected chi connectivity index (χ3v) is 3.65. The second kappa shape index (κ2) is 6.58. The summed E-state index contributed by atoms with van der Waals surface area (Å²) in [4.78, 5) is 23.9. The lowest BCUT2D eigenvalue weighted by molar-refractivity contribution is 0.0473. The van der Waals surface area contributed by atoms with E-state index in [4.69, 9.17) is 13.9 Å². The molecule has 0 atom stereocenters. The molecule has 1 aromatic heterocycles. The standard InChI is InChI=1S/C19H16O5/c1-12-4-3-5-13(8-12)19(21)23-11-14-9-18(20)24-17-10-15(22-2)6-7-16(14)17/h3-10H,11H2,1-2H3. The highest BCUT2D eigenvalue weighted by Crippen LogP contribution is 2.23. The largest absolute Gasteiger partial charge is 0.497 e. The molecule has 5 heteroatoms. The van der Waals surface area contributed by atoms with Gasteiger partial charge in [0.2, 0.25) is 0 Å². The van der Waals surface area contributed by atoms with Gasteiger partial charge in [-0.3, -0.25) is 0 Å². The molecule has 0 bridgehead atoms. The van der Waals surface area contributed by atoms with Gasteiger partial charge in [-0.2, -0.15) is 0 Å². The van der Waals surface area contributed by atoms with Gasteiger partial charge in [0.1, 0.15) is 17.9 Å². The van der Waals surface area contributed by atoms with Crippen LogP contribution in [0.4, 0.5) is 0 Å². The average Bonchev–Trinajstić information content (AvgIpc) is 2.58. The summed E-state index contributed by atoms with van der Waals surface area (Å²) in [5.41, 5.74) is 1.93. The van der Waals surface area contributed by atoms with E-state index in [9.17, 15) is 9.59 Å². The number of hydrogen-bond acceptors (Lipinski definition) is 5. The van der Waals surface area contributed by atoms with Crippen LogP contribution in [-0.2, 0) is 11.3 Å². The molecule has 0 amide bonds. The molecule has 0 radical (unpaired) electrons. The van der Waals surface area contributed by atoms with Crippen molar-refractivity contribution in [2.24, 2.45) is 0 Å². The van der Waals surface area contributed by atoms with Gasteiger partial charge < -0.3 is 13.9 Å². The van der Waals surface area contributed by atoms with Gasteiger partial charge in [-0.1, -0.05) is 17.7 Å². The van der Waals surface area contributed by atoms with Gasteiger partial charge in [-0.15, -0.1) is 0 Å². The first-order valence-electron chi connectivity index (χ1n) is 7.41. The quantitative estimate of drug-likeness (QED) is 0.543. The minimum atomic E-state index is -0.502. The van der Waals surface area contributed by atoms with E-state index in [1.807, 2.05) is 13.0 Å². The minimum absolute atomic E-state index is 0.0127. The van der Waals surface area contributed by atoms with Crippen LogP contribution in [-0.4, -0.2) is 13.1 Å². The van der Waals surface area contributed by atoms with Crippen molar-refractivity contribution in [3.63, 3.8) is 0 Å². The van der Waals surface area contributed by atoms with Crippen molar-refractivity contribution in [3.8, 4) is 5.75 Å². The zero-order chi connectivity index (χ0) is 17.1. The lowest BCUT2D eigenvalue weighted by Gasteiger charge is -2.08. The molecule has 3 aromatic rings. The fourth-order valence-corrected chi connectivity index (χ4v) is 2.46. The number of ether oxygens (including phenoxy) is 2. The first-order valence-corrected chi connectivity index (χ1v) is 7.41. The Morgan fingerprint density at radius 3 is 2.71 bits per heavy atom. The summed E-state index contributed by atoms with van der Waals surface area (Å²) < 4.78 is 15.6. The number of fused-ring (bicyclic) bond motifs is 1. The maximum Gasteiger partial charge on any atom is 0.338 e. The number of aryl methyl sites for hydroxylation is 1. The van der Waals surface area contributed by atoms with Crippen LogP contribution in [0.1, 0.15) is 21.5 Å². The van der Waals surface area contributed by atoms with Gasteiger partial charge in [-0.05, 0) is 31.2 Å². The second-order valence-corrected chi connectivity index (χ2v) is 5.40. The maximum atomic E-state index is 12.1. The van der Waals surface area contributed by atoms with Gasteiger partial charge in [0.05, 0.1) is 12.7 Å². The molecule has 0 aliphatic heterocycles. The number of methoxy groups -OCH3 is 1. The van der Waals surface area contributed by atoms with Crippen LogP contribution in [0.3, 0.4) is 0 Å². The molecule has 0 N–H and O–H groups in total. The average molecular weight is 324 g/mol. The summed E-state index contributed by atoms with van der Waals surface area (Å²) in [6.45, 7) is 1.89. The van der Waals surface area contributed by atoms with Crippen LogP contribution in [0, 0.1) is 6.92 Å². The Morgan fingerprint density at radius 2 is 1.96 bits per heavy atom. The summed E-state index contributed by atoms with van der Waals surface area (Å²) in [6.07, 6.45) is 0. The number of carbonyl (C=O) groups excluding carboxylic acids is 1. The van der Waals surface area contributed by atoms with Crippen molar-refractivity contribution < 1.29 is 18.7 Å². The summed E-state index contributed by atoms with van der Waals surface area (Å²) in [5.74, 6) is 0.146. The van der Waals surface area contributed by atoms with Crippen molar-refractivity contribution in [1.82, 2.24) is 0 Å². The molecule has 1 heterocycles. The molecule has 0 spiro atoms. The Labute approximate surface area is 138 Å². The summed E-state index contributed by atoms with van der Waals surface area (Å²) >= 11 is 0. The summed E-state index contributed by atoms with van der Waals surface area (Å²) in [6, 6.07) is 13.6. The number of esters is 1. The Morgan fingerprint density at radius 1 is 1.12 bits per heavy atom. The second-order valence-electron chi connectivity index (χ2n) is 5.40. The van der Waals surface area contributed by atoms with Crippen LogP contribution in [0.15, 0.2) is 57.7 Å². The molecule has 122 valence electrons. The SMILES string of the molecule is COc1ccc2c(COC(=O)c3cccc(C)c3)cc(=O)oc2c1. The van der Waals surface area contributed by atoms with Gasteiger partial charge in [0, 0.05) is 23.1 Å². The van der Waals surface area contributed by atoms with E-state index in [-0.39, 0.29) is 6.61 Å². The lowest BCUT2D eigenvalue weighted by atomic mass is 10.1. The molecule has 0 fully saturated rings. The number of hydrogen-bond donors (Lipinski definition) is 0. The predicted octanol–water partition coefficient (Wildman–Crippen LogP) is 3.47. The van der Waals surface area contributed by atoms with Gasteiger partial charge in [-0.25, -0.2) is 9.59 Å². The highest BCUT2D eigenvalue weighted by molar-refractivity contribution is 5.90. The molecule has 3 rings (SSSR count). The third-order valence-electron chi connectivity index (χ3n) is 3.65. The summed E-state index contributed by atoms with van der Waals surface area (Å²) in [7, 11) is 1.53. The molecule has 2 aromatic carbocycles. The van der Waals surface area contributed by atoms with E-state index < -0.39 is 11.6 Å². The molecule has 0 saturated carbocycles. The van der Waals surface area contributed by atoms with Crippen molar-refractivity contribution >= 4 is 16.9 Å². The zero-order valence-corrected chi connectivity index (χ0v) is 13.4. The lowest BCUT2D eigenvalue weighted by Crippen LogP contribution is -2.08. The first kappa shape index (κ1) is 15.8. The van der Waals surface area contributed by atoms with Crippen LogP contribution in [0.5, 0.6) is 5.75 Å². The number of rotatable bonds is 4. The molecule has 5 nitrogen and oxygen atoms in total. The van der Waals surface area contributed by atoms with Crippen LogP contribution >= 0.6 is 0 Å². The fraction of sp³-hybridized carbons (Fsp3) is 0.158. The Hall–Kier alpha value is -3.08. The maximum absolute atomic E-state index is 12.1. The zero-order valence-electron chi connectivity index (χ0n) is 13.4. The molecule has 24 heavy (non-hydrogen) atoms. The monoisotopic (exact) mass is 324 g/mol. The number of carbonyl (C=O) groups is 1. The number of benzene rings is 2. The first-order chi connectivity index (χ1) is 11.6. The van der Waals surface area contributed by atoms with Crippen molar-refractivity contribution in [2.75, 3.05) is 7.11 Å². The molecule has 0 aliphatic rings. The van der Waals surface area contributed by atoms with E-state index >= 15 is 0 Å². The molecular weight excluding hydrogens is 308 g/mol. The van der Waals surface area contributed by atoms with E-state index in [1.54, 1.807) is 36.4 Å². The van der Waals surface area contributed by atoms with E-state index in [2.05, 4.69) is 0 Å². The van der Waals surface area contributed by atoms with Crippen molar-refractivity contribution in [3.05, 3.63) is 75.6 Å². The fourth-order valence-electron chi connectivity index (χ4n) is 2.46. The van der Waals surface area contributed by atoms with Gasteiger partial charge >= 0.3 is 11.6 Å². The summed E-state index contributed by atoms with van der Waals surface area (Å²) in [5, 5.41) is 0.701. The van der Waals surface area contributed by atoms with Crippen LogP contribution < -0.4 is 10.4 Å². The smallest absolute Gasteiger partial charge is 0.338 e. The van der Waals surface area contributed by atoms with E-state index in [0.717, 1.165) is 5.56 Å². The Balaban J connectivity index is 1.87. The predicted molar refractivity (Wildman–Crippen MR) is 89.3 cm³/mol. The van der Waals surface area contributed by atoms with Crippen LogP contribution in [0.2, 0.25) is 0 Å². The third kappa shape index (κ3) is 3.30. The van der Waals surface area contributed by atoms with Gasteiger partial charge in [0.25, 0.3) is 0 Å².